The lowest BCUT2D eigenvalue weighted by Gasteiger charge is -2.27. The van der Waals surface area contributed by atoms with Crippen LogP contribution < -0.4 is 0 Å². The van der Waals surface area contributed by atoms with E-state index in [0.717, 1.165) is 11.8 Å². The van der Waals surface area contributed by atoms with Gasteiger partial charge in [0.25, 0.3) is 0 Å². The molecule has 1 aliphatic rings. The largest absolute Gasteiger partial charge is 0.307 e. The van der Waals surface area contributed by atoms with Gasteiger partial charge in [-0.05, 0) is 37.6 Å². The number of unbranched alkanes of at least 4 members (excludes halogenated alkanes) is 12. The zero-order valence-corrected chi connectivity index (χ0v) is 20.1. The Bertz CT molecular complexity index is 339. The van der Waals surface area contributed by atoms with Crippen LogP contribution in [0.5, 0.6) is 0 Å². The second-order valence-electron chi connectivity index (χ2n) is 8.77. The first-order valence-electron chi connectivity index (χ1n) is 12.8. The number of nitrogens with zero attached hydrogens (tertiary/aromatic N) is 2. The zero-order chi connectivity index (χ0) is 20.1. The maximum Gasteiger partial charge on any atom is 0.0949 e. The van der Waals surface area contributed by atoms with Crippen molar-refractivity contribution in [3.63, 3.8) is 0 Å². The molecule has 0 atom stereocenters. The highest BCUT2D eigenvalue weighted by Crippen LogP contribution is 2.30. The quantitative estimate of drug-likeness (QED) is 0.0914. The van der Waals surface area contributed by atoms with Crippen LogP contribution >= 0.6 is 11.9 Å². The van der Waals surface area contributed by atoms with E-state index in [2.05, 4.69) is 36.4 Å². The van der Waals surface area contributed by atoms with Crippen molar-refractivity contribution in [1.29, 1.82) is 0 Å². The Labute approximate surface area is 181 Å². The molecule has 1 fully saturated rings. The summed E-state index contributed by atoms with van der Waals surface area (Å²) in [6.45, 7) is 6.80. The van der Waals surface area contributed by atoms with Gasteiger partial charge in [-0.15, -0.1) is 0 Å². The third-order valence-electron chi connectivity index (χ3n) is 5.92. The Morgan fingerprint density at radius 2 is 1.25 bits per heavy atom. The molecular weight excluding hydrogens is 360 g/mol. The molecule has 0 bridgehead atoms. The fraction of sp³-hybridized carbons (Fsp3) is 0.960. The SMILES string of the molecule is CCCCCCCCC/N=C\N(CCCCCCCCC)SC1CCCCC1. The Morgan fingerprint density at radius 1 is 0.714 bits per heavy atom. The molecule has 0 radical (unpaired) electrons. The molecule has 0 aromatic heterocycles. The minimum absolute atomic E-state index is 0.836. The Balaban J connectivity index is 2.18. The lowest BCUT2D eigenvalue weighted by atomic mass is 10.0. The van der Waals surface area contributed by atoms with Crippen LogP contribution in [0.2, 0.25) is 0 Å². The van der Waals surface area contributed by atoms with E-state index in [1.165, 1.54) is 129 Å². The molecular formula is C25H50N2S. The third-order valence-corrected chi connectivity index (χ3v) is 7.24. The minimum Gasteiger partial charge on any atom is -0.307 e. The average molecular weight is 411 g/mol. The van der Waals surface area contributed by atoms with E-state index in [0.29, 0.717) is 0 Å². The standard InChI is InChI=1S/C25H50N2S/c1-3-5-7-9-11-13-18-22-26-24-27(28-25-20-16-15-17-21-25)23-19-14-12-10-8-6-4-2/h24-25H,3-23H2,1-2H3/b26-24-. The topological polar surface area (TPSA) is 15.6 Å². The van der Waals surface area contributed by atoms with Crippen LogP contribution in [0.1, 0.15) is 136 Å². The van der Waals surface area contributed by atoms with E-state index < -0.39 is 0 Å². The summed E-state index contributed by atoms with van der Waals surface area (Å²) in [5, 5.41) is 0.836. The van der Waals surface area contributed by atoms with Gasteiger partial charge in [-0.2, -0.15) is 0 Å². The van der Waals surface area contributed by atoms with E-state index in [4.69, 9.17) is 4.99 Å². The number of aliphatic imine (C=N–C) groups is 1. The molecule has 0 saturated heterocycles. The Hall–Kier alpha value is -0.180. The van der Waals surface area contributed by atoms with Crippen LogP contribution in [-0.2, 0) is 0 Å². The first kappa shape index (κ1) is 25.9. The highest BCUT2D eigenvalue weighted by molar-refractivity contribution is 7.98. The molecule has 0 N–H and O–H groups in total. The van der Waals surface area contributed by atoms with Crippen LogP contribution in [0, 0.1) is 0 Å². The van der Waals surface area contributed by atoms with E-state index in [9.17, 15) is 0 Å². The molecule has 0 amide bonds. The van der Waals surface area contributed by atoms with Gasteiger partial charge in [0, 0.05) is 18.3 Å². The van der Waals surface area contributed by atoms with Crippen LogP contribution in [0.3, 0.4) is 0 Å². The Morgan fingerprint density at radius 3 is 1.86 bits per heavy atom. The molecule has 166 valence electrons. The Kier molecular flexibility index (Phi) is 18.6. The van der Waals surface area contributed by atoms with Gasteiger partial charge in [-0.1, -0.05) is 110 Å². The molecule has 1 rings (SSSR count). The van der Waals surface area contributed by atoms with Crippen molar-refractivity contribution in [2.24, 2.45) is 4.99 Å². The molecule has 3 heteroatoms. The predicted octanol–water partition coefficient (Wildman–Crippen LogP) is 8.80. The van der Waals surface area contributed by atoms with Crippen LogP contribution in [-0.4, -0.2) is 29.0 Å². The summed E-state index contributed by atoms with van der Waals surface area (Å²) >= 11 is 2.10. The first-order valence-corrected chi connectivity index (χ1v) is 13.6. The first-order chi connectivity index (χ1) is 13.9. The average Bonchev–Trinajstić information content (AvgIpc) is 2.72. The fourth-order valence-electron chi connectivity index (χ4n) is 4.03. The van der Waals surface area contributed by atoms with Crippen molar-refractivity contribution < 1.29 is 0 Å². The predicted molar refractivity (Wildman–Crippen MR) is 131 cm³/mol. The monoisotopic (exact) mass is 410 g/mol. The third kappa shape index (κ3) is 15.7. The van der Waals surface area contributed by atoms with Crippen LogP contribution in [0.4, 0.5) is 0 Å². The molecule has 0 spiro atoms. The molecule has 1 saturated carbocycles. The summed E-state index contributed by atoms with van der Waals surface area (Å²) in [5.74, 6) is 0. The summed E-state index contributed by atoms with van der Waals surface area (Å²) in [6.07, 6.45) is 28.7. The summed E-state index contributed by atoms with van der Waals surface area (Å²) in [5.41, 5.74) is 0. The smallest absolute Gasteiger partial charge is 0.0949 e. The number of rotatable bonds is 19. The highest BCUT2D eigenvalue weighted by Gasteiger charge is 2.16. The van der Waals surface area contributed by atoms with Gasteiger partial charge in [-0.25, -0.2) is 0 Å². The van der Waals surface area contributed by atoms with Gasteiger partial charge >= 0.3 is 0 Å². The van der Waals surface area contributed by atoms with Crippen molar-refractivity contribution in [2.75, 3.05) is 13.1 Å². The van der Waals surface area contributed by atoms with Crippen LogP contribution in [0.25, 0.3) is 0 Å². The molecule has 28 heavy (non-hydrogen) atoms. The molecule has 2 nitrogen and oxygen atoms in total. The normalized spacial score (nSPS) is 15.5. The summed E-state index contributed by atoms with van der Waals surface area (Å²) in [6, 6.07) is 0. The highest BCUT2D eigenvalue weighted by atomic mass is 32.2. The lowest BCUT2D eigenvalue weighted by Crippen LogP contribution is -2.21. The van der Waals surface area contributed by atoms with Crippen molar-refractivity contribution in [2.45, 2.75) is 141 Å². The van der Waals surface area contributed by atoms with Crippen molar-refractivity contribution in [3.8, 4) is 0 Å². The summed E-state index contributed by atoms with van der Waals surface area (Å²) in [4.78, 5) is 4.79. The molecule has 0 aromatic rings. The van der Waals surface area contributed by atoms with Gasteiger partial charge in [0.15, 0.2) is 0 Å². The second kappa shape index (κ2) is 20.1. The number of hydrogen-bond donors (Lipinski definition) is 0. The fourth-order valence-corrected chi connectivity index (χ4v) is 5.32. The van der Waals surface area contributed by atoms with E-state index in [1.807, 2.05) is 0 Å². The van der Waals surface area contributed by atoms with Crippen molar-refractivity contribution >= 4 is 18.3 Å². The maximum absolute atomic E-state index is 4.79. The zero-order valence-electron chi connectivity index (χ0n) is 19.3. The number of hydrogen-bond acceptors (Lipinski definition) is 2. The van der Waals surface area contributed by atoms with E-state index >= 15 is 0 Å². The molecule has 0 unspecified atom stereocenters. The molecule has 0 aliphatic heterocycles. The van der Waals surface area contributed by atoms with Gasteiger partial charge < -0.3 is 4.31 Å². The van der Waals surface area contributed by atoms with Gasteiger partial charge in [0.1, 0.15) is 0 Å². The van der Waals surface area contributed by atoms with E-state index in [-0.39, 0.29) is 0 Å². The maximum atomic E-state index is 4.79. The minimum atomic E-state index is 0.836. The van der Waals surface area contributed by atoms with Gasteiger partial charge in [0.2, 0.25) is 0 Å². The van der Waals surface area contributed by atoms with Gasteiger partial charge in [-0.3, -0.25) is 4.99 Å². The molecule has 0 aromatic carbocycles. The second-order valence-corrected chi connectivity index (χ2v) is 10.1. The lowest BCUT2D eigenvalue weighted by molar-refractivity contribution is 0.503. The molecule has 0 heterocycles. The van der Waals surface area contributed by atoms with Crippen molar-refractivity contribution in [3.05, 3.63) is 0 Å². The summed E-state index contributed by atoms with van der Waals surface area (Å²) in [7, 11) is 0. The molecule has 1 aliphatic carbocycles. The summed E-state index contributed by atoms with van der Waals surface area (Å²) < 4.78 is 2.49. The van der Waals surface area contributed by atoms with Crippen LogP contribution in [0.15, 0.2) is 4.99 Å². The van der Waals surface area contributed by atoms with E-state index in [1.54, 1.807) is 0 Å². The van der Waals surface area contributed by atoms with Gasteiger partial charge in [0.05, 0.1) is 6.34 Å². The van der Waals surface area contributed by atoms with Crippen molar-refractivity contribution in [1.82, 2.24) is 4.31 Å².